The van der Waals surface area contributed by atoms with Crippen molar-refractivity contribution in [1.82, 2.24) is 25.0 Å². The van der Waals surface area contributed by atoms with Crippen molar-refractivity contribution in [1.29, 1.82) is 0 Å². The quantitative estimate of drug-likeness (QED) is 0.644. The van der Waals surface area contributed by atoms with Gasteiger partial charge in [-0.1, -0.05) is 29.8 Å². The molecule has 0 radical (unpaired) electrons. The van der Waals surface area contributed by atoms with Gasteiger partial charge in [0.2, 0.25) is 5.91 Å². The number of hydrogen-bond acceptors (Lipinski definition) is 4. The van der Waals surface area contributed by atoms with Gasteiger partial charge in [-0.15, -0.1) is 0 Å². The van der Waals surface area contributed by atoms with Crippen LogP contribution in [0, 0.1) is 11.7 Å². The summed E-state index contributed by atoms with van der Waals surface area (Å²) in [5.74, 6) is 0.791. The SMILES string of the molecule is Cc1ccc(-c2n[nH]c(=S)n2CCC(=O)NCCN(C(C)C)C(C)C)cc1. The first-order valence-electron chi connectivity index (χ1n) is 9.54. The number of aromatic nitrogens is 3. The normalized spacial score (nSPS) is 11.6. The number of aromatic amines is 1. The Bertz CT molecular complexity index is 783. The van der Waals surface area contributed by atoms with E-state index in [-0.39, 0.29) is 5.91 Å². The Balaban J connectivity index is 1.91. The lowest BCUT2D eigenvalue weighted by molar-refractivity contribution is -0.121. The van der Waals surface area contributed by atoms with Crippen molar-refractivity contribution < 1.29 is 4.79 Å². The Morgan fingerprint density at radius 1 is 1.22 bits per heavy atom. The number of nitrogens with one attached hydrogen (secondary N) is 2. The predicted molar refractivity (Wildman–Crippen MR) is 112 cm³/mol. The van der Waals surface area contributed by atoms with Crippen molar-refractivity contribution in [3.8, 4) is 11.4 Å². The Morgan fingerprint density at radius 2 is 1.85 bits per heavy atom. The van der Waals surface area contributed by atoms with Gasteiger partial charge >= 0.3 is 0 Å². The Labute approximate surface area is 167 Å². The topological polar surface area (TPSA) is 66.0 Å². The van der Waals surface area contributed by atoms with Crippen LogP contribution in [0.1, 0.15) is 39.7 Å². The molecule has 27 heavy (non-hydrogen) atoms. The monoisotopic (exact) mass is 389 g/mol. The van der Waals surface area contributed by atoms with Crippen LogP contribution >= 0.6 is 12.2 Å². The molecule has 2 N–H and O–H groups in total. The van der Waals surface area contributed by atoms with Crippen molar-refractivity contribution in [3.05, 3.63) is 34.6 Å². The second-order valence-electron chi connectivity index (χ2n) is 7.40. The lowest BCUT2D eigenvalue weighted by atomic mass is 10.1. The number of benzene rings is 1. The first kappa shape index (κ1) is 21.3. The first-order chi connectivity index (χ1) is 12.8. The summed E-state index contributed by atoms with van der Waals surface area (Å²) in [7, 11) is 0. The molecule has 0 atom stereocenters. The first-order valence-corrected chi connectivity index (χ1v) is 9.95. The van der Waals surface area contributed by atoms with Crippen LogP contribution in [0.2, 0.25) is 0 Å². The summed E-state index contributed by atoms with van der Waals surface area (Å²) in [6, 6.07) is 9.04. The van der Waals surface area contributed by atoms with Crippen molar-refractivity contribution >= 4 is 18.1 Å². The van der Waals surface area contributed by atoms with E-state index in [2.05, 4.69) is 48.1 Å². The molecule has 1 aromatic heterocycles. The second-order valence-corrected chi connectivity index (χ2v) is 7.78. The van der Waals surface area contributed by atoms with Crippen molar-refractivity contribution in [2.45, 2.75) is 59.7 Å². The van der Waals surface area contributed by atoms with Gasteiger partial charge in [0.05, 0.1) is 0 Å². The highest BCUT2D eigenvalue weighted by Gasteiger charge is 2.14. The molecule has 0 aliphatic carbocycles. The zero-order chi connectivity index (χ0) is 20.0. The predicted octanol–water partition coefficient (Wildman–Crippen LogP) is 3.54. The van der Waals surface area contributed by atoms with Gasteiger partial charge in [-0.05, 0) is 46.8 Å². The van der Waals surface area contributed by atoms with Gasteiger partial charge < -0.3 is 5.32 Å². The number of nitrogens with zero attached hydrogens (tertiary/aromatic N) is 3. The van der Waals surface area contributed by atoms with Gasteiger partial charge in [0, 0.05) is 43.7 Å². The molecule has 1 aromatic carbocycles. The number of hydrogen-bond donors (Lipinski definition) is 2. The summed E-state index contributed by atoms with van der Waals surface area (Å²) >= 11 is 5.34. The summed E-state index contributed by atoms with van der Waals surface area (Å²) in [5.41, 5.74) is 2.17. The highest BCUT2D eigenvalue weighted by Crippen LogP contribution is 2.18. The molecule has 2 aromatic rings. The molecule has 0 bridgehead atoms. The summed E-state index contributed by atoms with van der Waals surface area (Å²) in [4.78, 5) is 14.6. The Kier molecular flexibility index (Phi) is 7.74. The van der Waals surface area contributed by atoms with E-state index >= 15 is 0 Å². The smallest absolute Gasteiger partial charge is 0.221 e. The number of amides is 1. The summed E-state index contributed by atoms with van der Waals surface area (Å²) in [6.45, 7) is 12.7. The average molecular weight is 390 g/mol. The average Bonchev–Trinajstić information content (AvgIpc) is 2.97. The molecule has 0 saturated carbocycles. The van der Waals surface area contributed by atoms with E-state index in [0.29, 0.717) is 36.4 Å². The molecule has 0 saturated heterocycles. The van der Waals surface area contributed by atoms with E-state index in [1.165, 1.54) is 5.56 Å². The lowest BCUT2D eigenvalue weighted by Gasteiger charge is -2.30. The second kappa shape index (κ2) is 9.80. The van der Waals surface area contributed by atoms with Crippen molar-refractivity contribution in [2.75, 3.05) is 13.1 Å². The molecule has 0 aliphatic rings. The molecule has 148 valence electrons. The van der Waals surface area contributed by atoms with Crippen LogP contribution < -0.4 is 5.32 Å². The number of aryl methyl sites for hydroxylation is 1. The standard InChI is InChI=1S/C20H31N5OS/c1-14(2)24(15(3)4)13-11-21-18(26)10-12-25-19(22-23-20(25)27)17-8-6-16(5)7-9-17/h6-9,14-15H,10-13H2,1-5H3,(H,21,26)(H,23,27). The molecular formula is C20H31N5OS. The maximum Gasteiger partial charge on any atom is 0.221 e. The largest absolute Gasteiger partial charge is 0.355 e. The Hall–Kier alpha value is -1.99. The van der Waals surface area contributed by atoms with Gasteiger partial charge in [0.1, 0.15) is 0 Å². The van der Waals surface area contributed by atoms with Crippen LogP contribution in [0.15, 0.2) is 24.3 Å². The minimum Gasteiger partial charge on any atom is -0.355 e. The van der Waals surface area contributed by atoms with Crippen LogP contribution in [0.5, 0.6) is 0 Å². The zero-order valence-electron chi connectivity index (χ0n) is 17.0. The molecule has 6 nitrogen and oxygen atoms in total. The van der Waals surface area contributed by atoms with E-state index in [1.54, 1.807) is 0 Å². The molecule has 1 heterocycles. The molecule has 0 unspecified atom stereocenters. The van der Waals surface area contributed by atoms with Crippen LogP contribution in [0.25, 0.3) is 11.4 Å². The summed E-state index contributed by atoms with van der Waals surface area (Å²) in [5, 5.41) is 10.2. The summed E-state index contributed by atoms with van der Waals surface area (Å²) < 4.78 is 2.41. The minimum absolute atomic E-state index is 0.0282. The van der Waals surface area contributed by atoms with Gasteiger partial charge in [-0.3, -0.25) is 19.4 Å². The van der Waals surface area contributed by atoms with E-state index in [4.69, 9.17) is 12.2 Å². The van der Waals surface area contributed by atoms with E-state index in [9.17, 15) is 4.79 Å². The maximum atomic E-state index is 12.3. The van der Waals surface area contributed by atoms with E-state index in [0.717, 1.165) is 17.9 Å². The molecule has 0 spiro atoms. The van der Waals surface area contributed by atoms with Gasteiger partial charge in [0.25, 0.3) is 0 Å². The van der Waals surface area contributed by atoms with Crippen LogP contribution in [0.3, 0.4) is 0 Å². The number of carbonyl (C=O) groups excluding carboxylic acids is 1. The third kappa shape index (κ3) is 6.01. The van der Waals surface area contributed by atoms with Crippen LogP contribution in [0.4, 0.5) is 0 Å². The lowest BCUT2D eigenvalue weighted by Crippen LogP contribution is -2.42. The number of rotatable bonds is 9. The number of carbonyl (C=O) groups is 1. The molecular weight excluding hydrogens is 358 g/mol. The van der Waals surface area contributed by atoms with E-state index in [1.807, 2.05) is 35.8 Å². The van der Waals surface area contributed by atoms with Crippen molar-refractivity contribution in [3.63, 3.8) is 0 Å². The van der Waals surface area contributed by atoms with Crippen molar-refractivity contribution in [2.24, 2.45) is 0 Å². The third-order valence-electron chi connectivity index (χ3n) is 4.65. The minimum atomic E-state index is 0.0282. The maximum absolute atomic E-state index is 12.3. The van der Waals surface area contributed by atoms with E-state index < -0.39 is 0 Å². The fraction of sp³-hybridized carbons (Fsp3) is 0.550. The van der Waals surface area contributed by atoms with Gasteiger partial charge in [0.15, 0.2) is 10.6 Å². The fourth-order valence-corrected chi connectivity index (χ4v) is 3.41. The summed E-state index contributed by atoms with van der Waals surface area (Å²) in [6.07, 6.45) is 0.371. The highest BCUT2D eigenvalue weighted by atomic mass is 32.1. The van der Waals surface area contributed by atoms with Gasteiger partial charge in [-0.25, -0.2) is 0 Å². The molecule has 7 heteroatoms. The van der Waals surface area contributed by atoms with Crippen LogP contribution in [-0.4, -0.2) is 50.7 Å². The highest BCUT2D eigenvalue weighted by molar-refractivity contribution is 7.71. The molecule has 2 rings (SSSR count). The fourth-order valence-electron chi connectivity index (χ4n) is 3.19. The zero-order valence-corrected chi connectivity index (χ0v) is 17.8. The molecule has 1 amide bonds. The molecule has 0 fully saturated rings. The molecule has 0 aliphatic heterocycles. The van der Waals surface area contributed by atoms with Gasteiger partial charge in [-0.2, -0.15) is 5.10 Å². The van der Waals surface area contributed by atoms with Crippen LogP contribution in [-0.2, 0) is 11.3 Å². The third-order valence-corrected chi connectivity index (χ3v) is 4.96. The number of H-pyrrole nitrogens is 1. The Morgan fingerprint density at radius 3 is 2.44 bits per heavy atom.